The predicted octanol–water partition coefficient (Wildman–Crippen LogP) is 2.54. The summed E-state index contributed by atoms with van der Waals surface area (Å²) in [5.74, 6) is -0.243. The SMILES string of the molecule is CC1=COC(C)(COCc2ccccc2F)N1. The molecule has 0 radical (unpaired) electrons. The fourth-order valence-electron chi connectivity index (χ4n) is 1.74. The van der Waals surface area contributed by atoms with Crippen molar-refractivity contribution >= 4 is 0 Å². The Kier molecular flexibility index (Phi) is 3.33. The standard InChI is InChI=1S/C13H16FNO2/c1-10-7-17-13(2,15-10)9-16-8-11-5-3-4-6-12(11)14/h3-7,15H,8-9H2,1-2H3. The van der Waals surface area contributed by atoms with Crippen LogP contribution in [0.4, 0.5) is 4.39 Å². The molecule has 4 heteroatoms. The maximum absolute atomic E-state index is 13.3. The maximum atomic E-state index is 13.3. The van der Waals surface area contributed by atoms with E-state index in [4.69, 9.17) is 9.47 Å². The summed E-state index contributed by atoms with van der Waals surface area (Å²) in [6, 6.07) is 6.59. The van der Waals surface area contributed by atoms with Crippen LogP contribution in [0.5, 0.6) is 0 Å². The van der Waals surface area contributed by atoms with Crippen LogP contribution in [0.2, 0.25) is 0 Å². The summed E-state index contributed by atoms with van der Waals surface area (Å²) in [5.41, 5.74) is 0.968. The molecule has 1 N–H and O–H groups in total. The van der Waals surface area contributed by atoms with E-state index < -0.39 is 5.72 Å². The molecular formula is C13H16FNO2. The monoisotopic (exact) mass is 237 g/mol. The first-order valence-corrected chi connectivity index (χ1v) is 5.53. The fraction of sp³-hybridized carbons (Fsp3) is 0.385. The highest BCUT2D eigenvalue weighted by Crippen LogP contribution is 2.18. The number of halogens is 1. The molecule has 17 heavy (non-hydrogen) atoms. The van der Waals surface area contributed by atoms with Gasteiger partial charge in [-0.1, -0.05) is 18.2 Å². The molecule has 1 atom stereocenters. The minimum atomic E-state index is -0.546. The molecule has 0 aromatic heterocycles. The number of allylic oxidation sites excluding steroid dienone is 1. The lowest BCUT2D eigenvalue weighted by Gasteiger charge is -2.24. The summed E-state index contributed by atoms with van der Waals surface area (Å²) in [7, 11) is 0. The average Bonchev–Trinajstić information content (AvgIpc) is 2.62. The second kappa shape index (κ2) is 4.75. The number of hydrogen-bond acceptors (Lipinski definition) is 3. The molecular weight excluding hydrogens is 221 g/mol. The summed E-state index contributed by atoms with van der Waals surface area (Å²) in [5, 5.41) is 3.15. The van der Waals surface area contributed by atoms with E-state index in [0.29, 0.717) is 12.2 Å². The first-order valence-electron chi connectivity index (χ1n) is 5.53. The van der Waals surface area contributed by atoms with Crippen LogP contribution in [-0.2, 0) is 16.1 Å². The number of ether oxygens (including phenoxy) is 2. The zero-order valence-electron chi connectivity index (χ0n) is 10.00. The van der Waals surface area contributed by atoms with Crippen molar-refractivity contribution in [2.45, 2.75) is 26.2 Å². The van der Waals surface area contributed by atoms with Crippen molar-refractivity contribution in [3.63, 3.8) is 0 Å². The topological polar surface area (TPSA) is 30.5 Å². The molecule has 3 nitrogen and oxygen atoms in total. The highest BCUT2D eigenvalue weighted by molar-refractivity contribution is 5.16. The van der Waals surface area contributed by atoms with Gasteiger partial charge in [0.1, 0.15) is 18.7 Å². The molecule has 1 unspecified atom stereocenters. The highest BCUT2D eigenvalue weighted by Gasteiger charge is 2.29. The minimum absolute atomic E-state index is 0.242. The van der Waals surface area contributed by atoms with Crippen LogP contribution in [0.15, 0.2) is 36.2 Å². The average molecular weight is 237 g/mol. The van der Waals surface area contributed by atoms with Crippen LogP contribution in [0.25, 0.3) is 0 Å². The Labute approximate surface area is 100 Å². The Hall–Kier alpha value is -1.55. The van der Waals surface area contributed by atoms with E-state index in [0.717, 1.165) is 5.70 Å². The molecule has 92 valence electrons. The summed E-state index contributed by atoms with van der Waals surface area (Å²) in [6.45, 7) is 4.41. The van der Waals surface area contributed by atoms with Crippen molar-refractivity contribution in [2.75, 3.05) is 6.61 Å². The summed E-state index contributed by atoms with van der Waals surface area (Å²) in [6.07, 6.45) is 1.66. The van der Waals surface area contributed by atoms with Crippen molar-refractivity contribution in [2.24, 2.45) is 0 Å². The van der Waals surface area contributed by atoms with Gasteiger partial charge >= 0.3 is 0 Å². The van der Waals surface area contributed by atoms with Crippen molar-refractivity contribution in [3.8, 4) is 0 Å². The largest absolute Gasteiger partial charge is 0.472 e. The molecule has 0 bridgehead atoms. The van der Waals surface area contributed by atoms with Crippen molar-refractivity contribution < 1.29 is 13.9 Å². The van der Waals surface area contributed by atoms with Crippen LogP contribution in [0.1, 0.15) is 19.4 Å². The lowest BCUT2D eigenvalue weighted by atomic mass is 10.2. The maximum Gasteiger partial charge on any atom is 0.200 e. The van der Waals surface area contributed by atoms with Gasteiger partial charge < -0.3 is 14.8 Å². The fourth-order valence-corrected chi connectivity index (χ4v) is 1.74. The van der Waals surface area contributed by atoms with Gasteiger partial charge in [-0.25, -0.2) is 4.39 Å². The molecule has 1 aromatic rings. The molecule has 1 aliphatic rings. The van der Waals surface area contributed by atoms with Crippen LogP contribution in [0.3, 0.4) is 0 Å². The van der Waals surface area contributed by atoms with E-state index in [1.54, 1.807) is 24.5 Å². The van der Waals surface area contributed by atoms with E-state index in [1.165, 1.54) is 6.07 Å². The summed E-state index contributed by atoms with van der Waals surface area (Å²) >= 11 is 0. The van der Waals surface area contributed by atoms with E-state index >= 15 is 0 Å². The van der Waals surface area contributed by atoms with Crippen LogP contribution in [-0.4, -0.2) is 12.3 Å². The Bertz CT molecular complexity index is 433. The molecule has 0 amide bonds. The van der Waals surface area contributed by atoms with E-state index in [1.807, 2.05) is 13.8 Å². The highest BCUT2D eigenvalue weighted by atomic mass is 19.1. The quantitative estimate of drug-likeness (QED) is 0.873. The number of rotatable bonds is 4. The van der Waals surface area contributed by atoms with Gasteiger partial charge in [0.2, 0.25) is 0 Å². The molecule has 0 aliphatic carbocycles. The summed E-state index contributed by atoms with van der Waals surface area (Å²) < 4.78 is 24.2. The van der Waals surface area contributed by atoms with Gasteiger partial charge in [-0.2, -0.15) is 0 Å². The second-order valence-electron chi connectivity index (χ2n) is 4.36. The number of hydrogen-bond donors (Lipinski definition) is 1. The lowest BCUT2D eigenvalue weighted by Crippen LogP contribution is -2.42. The first-order chi connectivity index (χ1) is 8.09. The van der Waals surface area contributed by atoms with E-state index in [9.17, 15) is 4.39 Å². The van der Waals surface area contributed by atoms with Crippen molar-refractivity contribution in [1.82, 2.24) is 5.32 Å². The van der Waals surface area contributed by atoms with Gasteiger partial charge in [0.15, 0.2) is 5.72 Å². The minimum Gasteiger partial charge on any atom is -0.472 e. The van der Waals surface area contributed by atoms with Crippen LogP contribution >= 0.6 is 0 Å². The third kappa shape index (κ3) is 2.97. The Morgan fingerprint density at radius 3 is 2.82 bits per heavy atom. The molecule has 0 saturated heterocycles. The van der Waals surface area contributed by atoms with Crippen molar-refractivity contribution in [3.05, 3.63) is 47.6 Å². The molecule has 1 aliphatic heterocycles. The molecule has 0 saturated carbocycles. The van der Waals surface area contributed by atoms with Gasteiger partial charge in [0.05, 0.1) is 6.61 Å². The Morgan fingerprint density at radius 1 is 1.41 bits per heavy atom. The lowest BCUT2D eigenvalue weighted by molar-refractivity contribution is -0.0484. The molecule has 1 aromatic carbocycles. The first kappa shape index (κ1) is 11.9. The molecule has 1 heterocycles. The van der Waals surface area contributed by atoms with Gasteiger partial charge in [-0.15, -0.1) is 0 Å². The molecule has 0 spiro atoms. The third-order valence-corrected chi connectivity index (χ3v) is 2.55. The summed E-state index contributed by atoms with van der Waals surface area (Å²) in [4.78, 5) is 0. The van der Waals surface area contributed by atoms with Gasteiger partial charge in [-0.3, -0.25) is 0 Å². The van der Waals surface area contributed by atoms with Crippen LogP contribution in [0, 0.1) is 5.82 Å². The second-order valence-corrected chi connectivity index (χ2v) is 4.36. The van der Waals surface area contributed by atoms with Crippen molar-refractivity contribution in [1.29, 1.82) is 0 Å². The molecule has 0 fully saturated rings. The number of nitrogens with one attached hydrogen (secondary N) is 1. The normalized spacial score (nSPS) is 22.9. The van der Waals surface area contributed by atoms with Gasteiger partial charge in [0.25, 0.3) is 0 Å². The van der Waals surface area contributed by atoms with E-state index in [2.05, 4.69) is 5.32 Å². The van der Waals surface area contributed by atoms with Crippen LogP contribution < -0.4 is 5.32 Å². The Morgan fingerprint density at radius 2 is 2.18 bits per heavy atom. The smallest absolute Gasteiger partial charge is 0.200 e. The zero-order chi connectivity index (χ0) is 12.3. The molecule has 2 rings (SSSR count). The van der Waals surface area contributed by atoms with Gasteiger partial charge in [-0.05, 0) is 19.9 Å². The zero-order valence-corrected chi connectivity index (χ0v) is 10.00. The third-order valence-electron chi connectivity index (χ3n) is 2.55. The van der Waals surface area contributed by atoms with Gasteiger partial charge in [0, 0.05) is 11.3 Å². The van der Waals surface area contributed by atoms with E-state index in [-0.39, 0.29) is 12.4 Å². The Balaban J connectivity index is 1.83. The number of benzene rings is 1. The predicted molar refractivity (Wildman–Crippen MR) is 62.4 cm³/mol.